The average Bonchev–Trinajstić information content (AvgIpc) is 3.43. The van der Waals surface area contributed by atoms with Gasteiger partial charge in [-0.05, 0) is 62.5 Å². The van der Waals surface area contributed by atoms with Crippen molar-refractivity contribution in [2.45, 2.75) is 12.5 Å². The fraction of sp³-hybridized carbons (Fsp3) is 0.250. The molecule has 0 aliphatic carbocycles. The van der Waals surface area contributed by atoms with Crippen LogP contribution in [-0.4, -0.2) is 47.7 Å². The van der Waals surface area contributed by atoms with Crippen LogP contribution in [0.1, 0.15) is 6.42 Å². The van der Waals surface area contributed by atoms with Crippen LogP contribution in [0.25, 0.3) is 26.2 Å². The number of rotatable bonds is 4. The third-order valence-electron chi connectivity index (χ3n) is 5.93. The normalized spacial score (nSPS) is 16.5. The van der Waals surface area contributed by atoms with Crippen LogP contribution in [-0.2, 0) is 0 Å². The third-order valence-corrected chi connectivity index (χ3v) is 7.12. The molecular weight excluding hydrogens is 411 g/mol. The van der Waals surface area contributed by atoms with Crippen molar-refractivity contribution >= 4 is 27.2 Å². The average molecular weight is 435 g/mol. The van der Waals surface area contributed by atoms with Crippen molar-refractivity contribution in [3.8, 4) is 16.1 Å². The number of nitrogens with zero attached hydrogens (tertiary/aromatic N) is 4. The van der Waals surface area contributed by atoms with E-state index in [1.165, 1.54) is 23.5 Å². The Morgan fingerprint density at radius 3 is 2.61 bits per heavy atom. The summed E-state index contributed by atoms with van der Waals surface area (Å²) >= 11 is 1.43. The van der Waals surface area contributed by atoms with Gasteiger partial charge >= 0.3 is 0 Å². The highest BCUT2D eigenvalue weighted by Crippen LogP contribution is 2.32. The highest BCUT2D eigenvalue weighted by Gasteiger charge is 2.24. The topological polar surface area (TPSA) is 41.4 Å². The molecule has 4 aromatic rings. The number of hydrogen-bond donors (Lipinski definition) is 0. The van der Waals surface area contributed by atoms with Gasteiger partial charge < -0.3 is 9.80 Å². The number of anilines is 1. The molecule has 1 saturated heterocycles. The highest BCUT2D eigenvalue weighted by atomic mass is 32.1. The minimum Gasteiger partial charge on any atom is -0.355 e. The van der Waals surface area contributed by atoms with E-state index in [2.05, 4.69) is 28.9 Å². The number of thiophene rings is 1. The summed E-state index contributed by atoms with van der Waals surface area (Å²) in [5.74, 6) is 0.672. The zero-order chi connectivity index (χ0) is 21.5. The molecule has 1 aliphatic heterocycles. The maximum atomic E-state index is 13.2. The standard InChI is InChI=1S/C24H23FN4OS/c1-27(2)20-10-11-28(15-20)22-8-7-19(14-26-22)29-12-9-17-13-21(31-23(17)24(29)30)16-3-5-18(25)6-4-16/h3-9,12-14,20H,10-11,15H2,1-2H3/t20-/m1/s1. The van der Waals surface area contributed by atoms with Gasteiger partial charge in [0, 0.05) is 35.6 Å². The van der Waals surface area contributed by atoms with Crippen molar-refractivity contribution in [1.82, 2.24) is 14.5 Å². The van der Waals surface area contributed by atoms with Gasteiger partial charge in [0.1, 0.15) is 16.3 Å². The summed E-state index contributed by atoms with van der Waals surface area (Å²) in [6, 6.07) is 14.8. The second-order valence-corrected chi connectivity index (χ2v) is 9.17. The van der Waals surface area contributed by atoms with Crippen LogP contribution in [0.5, 0.6) is 0 Å². The Morgan fingerprint density at radius 2 is 1.94 bits per heavy atom. The first-order valence-corrected chi connectivity index (χ1v) is 11.1. The van der Waals surface area contributed by atoms with E-state index in [0.717, 1.165) is 46.8 Å². The first-order chi connectivity index (χ1) is 15.0. The van der Waals surface area contributed by atoms with Crippen molar-refractivity contribution in [3.05, 3.63) is 77.1 Å². The number of hydrogen-bond acceptors (Lipinski definition) is 5. The van der Waals surface area contributed by atoms with Crippen LogP contribution in [0.3, 0.4) is 0 Å². The minimum absolute atomic E-state index is 0.0701. The van der Waals surface area contributed by atoms with Crippen LogP contribution in [0, 0.1) is 5.82 Å². The lowest BCUT2D eigenvalue weighted by Gasteiger charge is -2.21. The summed E-state index contributed by atoms with van der Waals surface area (Å²) in [4.78, 5) is 23.3. The van der Waals surface area contributed by atoms with E-state index >= 15 is 0 Å². The van der Waals surface area contributed by atoms with Crippen molar-refractivity contribution in [2.24, 2.45) is 0 Å². The molecule has 0 N–H and O–H groups in total. The SMILES string of the molecule is CN(C)[C@@H]1CCN(c2ccc(-n3ccc4cc(-c5ccc(F)cc5)sc4c3=O)cn2)C1. The fourth-order valence-corrected chi connectivity index (χ4v) is 5.16. The first kappa shape index (κ1) is 19.9. The molecule has 7 heteroatoms. The van der Waals surface area contributed by atoms with E-state index < -0.39 is 0 Å². The van der Waals surface area contributed by atoms with E-state index in [1.54, 1.807) is 29.1 Å². The molecular formula is C24H23FN4OS. The monoisotopic (exact) mass is 434 g/mol. The maximum Gasteiger partial charge on any atom is 0.273 e. The predicted molar refractivity (Wildman–Crippen MR) is 125 cm³/mol. The smallest absolute Gasteiger partial charge is 0.273 e. The molecule has 5 nitrogen and oxygen atoms in total. The number of halogens is 1. The Balaban J connectivity index is 1.44. The summed E-state index contributed by atoms with van der Waals surface area (Å²) in [5.41, 5.74) is 1.58. The molecule has 31 heavy (non-hydrogen) atoms. The molecule has 0 spiro atoms. The fourth-order valence-electron chi connectivity index (χ4n) is 4.07. The summed E-state index contributed by atoms with van der Waals surface area (Å²) in [7, 11) is 4.22. The molecule has 158 valence electrons. The predicted octanol–water partition coefficient (Wildman–Crippen LogP) is 4.39. The third kappa shape index (κ3) is 3.75. The number of benzene rings is 1. The van der Waals surface area contributed by atoms with Gasteiger partial charge in [-0.2, -0.15) is 0 Å². The van der Waals surface area contributed by atoms with Crippen LogP contribution < -0.4 is 10.5 Å². The first-order valence-electron chi connectivity index (χ1n) is 10.3. The number of pyridine rings is 2. The molecule has 1 atom stereocenters. The van der Waals surface area contributed by atoms with Crippen molar-refractivity contribution in [2.75, 3.05) is 32.1 Å². The van der Waals surface area contributed by atoms with E-state index in [1.807, 2.05) is 24.3 Å². The molecule has 0 saturated carbocycles. The number of likely N-dealkylation sites (N-methyl/N-ethyl adjacent to an activating group) is 1. The molecule has 1 aliphatic rings. The summed E-state index contributed by atoms with van der Waals surface area (Å²) in [6.07, 6.45) is 4.68. The molecule has 0 unspecified atom stereocenters. The largest absolute Gasteiger partial charge is 0.355 e. The highest BCUT2D eigenvalue weighted by molar-refractivity contribution is 7.22. The lowest BCUT2D eigenvalue weighted by Crippen LogP contribution is -2.31. The Labute approximate surface area is 184 Å². The van der Waals surface area contributed by atoms with Gasteiger partial charge in [-0.1, -0.05) is 12.1 Å². The lowest BCUT2D eigenvalue weighted by atomic mass is 10.2. The van der Waals surface area contributed by atoms with E-state index in [0.29, 0.717) is 10.7 Å². The van der Waals surface area contributed by atoms with Gasteiger partial charge in [0.15, 0.2) is 0 Å². The molecule has 0 amide bonds. The maximum absolute atomic E-state index is 13.2. The van der Waals surface area contributed by atoms with Gasteiger partial charge in [0.05, 0.1) is 11.9 Å². The zero-order valence-electron chi connectivity index (χ0n) is 17.5. The second-order valence-electron chi connectivity index (χ2n) is 8.12. The molecule has 4 heterocycles. The molecule has 3 aromatic heterocycles. The Bertz CT molecular complexity index is 1280. The van der Waals surface area contributed by atoms with Crippen molar-refractivity contribution in [3.63, 3.8) is 0 Å². The summed E-state index contributed by atoms with van der Waals surface area (Å²) in [5, 5.41) is 0.891. The van der Waals surface area contributed by atoms with Crippen molar-refractivity contribution in [1.29, 1.82) is 0 Å². The Kier molecular flexibility index (Phi) is 5.08. The van der Waals surface area contributed by atoms with E-state index in [-0.39, 0.29) is 11.4 Å². The van der Waals surface area contributed by atoms with Gasteiger partial charge in [-0.3, -0.25) is 9.36 Å². The number of fused-ring (bicyclic) bond motifs is 1. The minimum atomic E-state index is -0.269. The van der Waals surface area contributed by atoms with Crippen molar-refractivity contribution < 1.29 is 4.39 Å². The van der Waals surface area contributed by atoms with Crippen LogP contribution >= 0.6 is 11.3 Å². The summed E-state index contributed by atoms with van der Waals surface area (Å²) in [6.45, 7) is 1.95. The molecule has 0 bridgehead atoms. The van der Waals surface area contributed by atoms with Gasteiger partial charge in [0.2, 0.25) is 0 Å². The number of aromatic nitrogens is 2. The second kappa shape index (κ2) is 7.90. The molecule has 1 aromatic carbocycles. The Hall–Kier alpha value is -3.03. The van der Waals surface area contributed by atoms with Gasteiger partial charge in [-0.25, -0.2) is 9.37 Å². The quantitative estimate of drug-likeness (QED) is 0.478. The van der Waals surface area contributed by atoms with Crippen LogP contribution in [0.2, 0.25) is 0 Å². The summed E-state index contributed by atoms with van der Waals surface area (Å²) < 4.78 is 15.5. The molecule has 1 fully saturated rings. The molecule has 5 rings (SSSR count). The van der Waals surface area contributed by atoms with Crippen LogP contribution in [0.4, 0.5) is 10.2 Å². The zero-order valence-corrected chi connectivity index (χ0v) is 18.3. The van der Waals surface area contributed by atoms with Gasteiger partial charge in [0.25, 0.3) is 5.56 Å². The molecule has 0 radical (unpaired) electrons. The van der Waals surface area contributed by atoms with E-state index in [9.17, 15) is 9.18 Å². The Morgan fingerprint density at radius 1 is 1.13 bits per heavy atom. The van der Waals surface area contributed by atoms with Gasteiger partial charge in [-0.15, -0.1) is 11.3 Å². The van der Waals surface area contributed by atoms with Crippen LogP contribution in [0.15, 0.2) is 65.7 Å². The van der Waals surface area contributed by atoms with E-state index in [4.69, 9.17) is 0 Å². The lowest BCUT2D eigenvalue weighted by molar-refractivity contribution is 0.315.